The van der Waals surface area contributed by atoms with E-state index in [2.05, 4.69) is 64.2 Å². The molecular weight excluding hydrogens is 451 g/mol. The number of nitrogens with zero attached hydrogens (tertiary/aromatic N) is 2. The van der Waals surface area contributed by atoms with Crippen LogP contribution in [0.5, 0.6) is 0 Å². The Morgan fingerprint density at radius 3 is 1.93 bits per heavy atom. The number of carbonyl (C=O) groups is 1. The molecule has 2 aromatic carbocycles. The van der Waals surface area contributed by atoms with Crippen molar-refractivity contribution in [2.45, 2.75) is 12.8 Å². The number of guanidine groups is 1. The van der Waals surface area contributed by atoms with Crippen LogP contribution >= 0.6 is 24.0 Å². The van der Waals surface area contributed by atoms with Gasteiger partial charge in [-0.1, -0.05) is 60.7 Å². The molecule has 2 N–H and O–H groups in total. The third-order valence-electron chi connectivity index (χ3n) is 4.09. The fourth-order valence-electron chi connectivity index (χ4n) is 2.63. The quantitative estimate of drug-likeness (QED) is 0.364. The summed E-state index contributed by atoms with van der Waals surface area (Å²) in [4.78, 5) is 17.7. The Balaban J connectivity index is 0.00000364. The Bertz CT molecular complexity index is 665. The number of nitrogens with one attached hydrogen (secondary N) is 2. The molecule has 2 aromatic rings. The van der Waals surface area contributed by atoms with Crippen LogP contribution in [0, 0.1) is 0 Å². The fourth-order valence-corrected chi connectivity index (χ4v) is 2.63. The summed E-state index contributed by atoms with van der Waals surface area (Å²) in [5.74, 6) is 0.829. The zero-order valence-electron chi connectivity index (χ0n) is 16.2. The van der Waals surface area contributed by atoms with Crippen LogP contribution in [0.4, 0.5) is 0 Å². The van der Waals surface area contributed by atoms with Crippen LogP contribution in [-0.2, 0) is 4.79 Å². The van der Waals surface area contributed by atoms with Crippen LogP contribution in [0.25, 0.3) is 0 Å². The molecule has 6 heteroatoms. The molecule has 0 aliphatic heterocycles. The molecule has 0 aromatic heterocycles. The van der Waals surface area contributed by atoms with Crippen LogP contribution in [-0.4, -0.2) is 50.5 Å². The standard InChI is InChI=1S/C21H28N4O.HI/c1-4-22-21(24-16-20(26)25(2)3)23-15-19(17-11-7-5-8-12-17)18-13-9-6-10-14-18;/h5-14,19H,4,15-16H2,1-3H3,(H2,22,23,24);1H. The maximum Gasteiger partial charge on any atom is 0.243 e. The zero-order chi connectivity index (χ0) is 18.8. The molecule has 146 valence electrons. The molecule has 0 bridgehead atoms. The zero-order valence-corrected chi connectivity index (χ0v) is 18.5. The van der Waals surface area contributed by atoms with E-state index in [4.69, 9.17) is 0 Å². The average Bonchev–Trinajstić information content (AvgIpc) is 2.67. The first kappa shape index (κ1) is 23.0. The minimum atomic E-state index is -0.0233. The number of rotatable bonds is 7. The van der Waals surface area contributed by atoms with Crippen molar-refractivity contribution in [2.24, 2.45) is 4.99 Å². The minimum Gasteiger partial charge on any atom is -0.357 e. The Morgan fingerprint density at radius 1 is 0.963 bits per heavy atom. The molecule has 0 saturated carbocycles. The lowest BCUT2D eigenvalue weighted by Crippen LogP contribution is -2.40. The Kier molecular flexibility index (Phi) is 10.5. The van der Waals surface area contributed by atoms with Gasteiger partial charge in [-0.2, -0.15) is 0 Å². The van der Waals surface area contributed by atoms with Crippen molar-refractivity contribution in [2.75, 3.05) is 33.7 Å². The number of likely N-dealkylation sites (N-methyl/N-ethyl adjacent to an activating group) is 1. The van der Waals surface area contributed by atoms with Gasteiger partial charge in [-0.25, -0.2) is 4.99 Å². The van der Waals surface area contributed by atoms with Gasteiger partial charge in [0.05, 0.1) is 0 Å². The van der Waals surface area contributed by atoms with Crippen molar-refractivity contribution in [3.05, 3.63) is 71.8 Å². The van der Waals surface area contributed by atoms with E-state index in [1.807, 2.05) is 19.1 Å². The summed E-state index contributed by atoms with van der Waals surface area (Å²) in [5, 5.41) is 6.58. The number of carbonyl (C=O) groups excluding carboxylic acids is 1. The van der Waals surface area contributed by atoms with Crippen molar-refractivity contribution < 1.29 is 4.79 Å². The lowest BCUT2D eigenvalue weighted by molar-refractivity contribution is -0.127. The van der Waals surface area contributed by atoms with E-state index < -0.39 is 0 Å². The highest BCUT2D eigenvalue weighted by Gasteiger charge is 2.14. The number of hydrogen-bond donors (Lipinski definition) is 2. The number of halogens is 1. The molecule has 0 spiro atoms. The van der Waals surface area contributed by atoms with E-state index in [1.165, 1.54) is 11.1 Å². The number of aliphatic imine (C=N–C) groups is 1. The molecule has 0 radical (unpaired) electrons. The van der Waals surface area contributed by atoms with E-state index >= 15 is 0 Å². The molecule has 5 nitrogen and oxygen atoms in total. The second kappa shape index (κ2) is 12.3. The summed E-state index contributed by atoms with van der Waals surface area (Å²) >= 11 is 0. The van der Waals surface area contributed by atoms with E-state index in [0.717, 1.165) is 6.54 Å². The van der Waals surface area contributed by atoms with Crippen molar-refractivity contribution in [3.63, 3.8) is 0 Å². The Morgan fingerprint density at radius 2 is 1.48 bits per heavy atom. The van der Waals surface area contributed by atoms with Gasteiger partial charge in [-0.05, 0) is 18.1 Å². The molecule has 0 aliphatic carbocycles. The highest BCUT2D eigenvalue weighted by atomic mass is 127. The Hall–Kier alpha value is -2.09. The molecule has 0 saturated heterocycles. The van der Waals surface area contributed by atoms with Gasteiger partial charge in [0.15, 0.2) is 5.96 Å². The van der Waals surface area contributed by atoms with Gasteiger partial charge in [0.2, 0.25) is 5.91 Å². The monoisotopic (exact) mass is 480 g/mol. The smallest absolute Gasteiger partial charge is 0.243 e. The summed E-state index contributed by atoms with van der Waals surface area (Å²) in [7, 11) is 3.47. The van der Waals surface area contributed by atoms with Crippen LogP contribution in [0.15, 0.2) is 65.7 Å². The van der Waals surface area contributed by atoms with Gasteiger partial charge in [0, 0.05) is 33.1 Å². The molecule has 0 heterocycles. The van der Waals surface area contributed by atoms with Crippen LogP contribution in [0.1, 0.15) is 24.0 Å². The van der Waals surface area contributed by atoms with Gasteiger partial charge in [0.1, 0.15) is 6.54 Å². The second-order valence-electron chi connectivity index (χ2n) is 6.24. The van der Waals surface area contributed by atoms with Crippen molar-refractivity contribution in [1.29, 1.82) is 0 Å². The van der Waals surface area contributed by atoms with Crippen molar-refractivity contribution in [1.82, 2.24) is 15.5 Å². The SMILES string of the molecule is CCNC(=NCC(=O)N(C)C)NCC(c1ccccc1)c1ccccc1.I. The van der Waals surface area contributed by atoms with Crippen LogP contribution in [0.3, 0.4) is 0 Å². The minimum absolute atomic E-state index is 0. The first-order chi connectivity index (χ1) is 12.6. The van der Waals surface area contributed by atoms with Gasteiger partial charge >= 0.3 is 0 Å². The third-order valence-corrected chi connectivity index (χ3v) is 4.09. The average molecular weight is 480 g/mol. The second-order valence-corrected chi connectivity index (χ2v) is 6.24. The maximum absolute atomic E-state index is 11.8. The molecular formula is C21H29IN4O. The fraction of sp³-hybridized carbons (Fsp3) is 0.333. The normalized spacial score (nSPS) is 10.9. The molecule has 0 atom stereocenters. The van der Waals surface area contributed by atoms with Gasteiger partial charge in [0.25, 0.3) is 0 Å². The van der Waals surface area contributed by atoms with Crippen molar-refractivity contribution in [3.8, 4) is 0 Å². The first-order valence-electron chi connectivity index (χ1n) is 8.94. The van der Waals surface area contributed by atoms with Gasteiger partial charge in [-0.15, -0.1) is 24.0 Å². The maximum atomic E-state index is 11.8. The van der Waals surface area contributed by atoms with Crippen LogP contribution in [0.2, 0.25) is 0 Å². The first-order valence-corrected chi connectivity index (χ1v) is 8.94. The summed E-state index contributed by atoms with van der Waals surface area (Å²) < 4.78 is 0. The van der Waals surface area contributed by atoms with Gasteiger partial charge < -0.3 is 15.5 Å². The summed E-state index contributed by atoms with van der Waals surface area (Å²) in [6, 6.07) is 20.8. The molecule has 2 rings (SSSR count). The van der Waals surface area contributed by atoms with E-state index in [0.29, 0.717) is 12.5 Å². The molecule has 0 fully saturated rings. The highest BCUT2D eigenvalue weighted by molar-refractivity contribution is 14.0. The highest BCUT2D eigenvalue weighted by Crippen LogP contribution is 2.23. The lowest BCUT2D eigenvalue weighted by Gasteiger charge is -2.20. The predicted molar refractivity (Wildman–Crippen MR) is 123 cm³/mol. The van der Waals surface area contributed by atoms with Gasteiger partial charge in [-0.3, -0.25) is 4.79 Å². The predicted octanol–water partition coefficient (Wildman–Crippen LogP) is 3.08. The molecule has 1 amide bonds. The topological polar surface area (TPSA) is 56.7 Å². The van der Waals surface area contributed by atoms with E-state index in [1.54, 1.807) is 19.0 Å². The largest absolute Gasteiger partial charge is 0.357 e. The molecule has 27 heavy (non-hydrogen) atoms. The lowest BCUT2D eigenvalue weighted by atomic mass is 9.91. The Labute approximate surface area is 179 Å². The number of hydrogen-bond acceptors (Lipinski definition) is 2. The number of amides is 1. The number of benzene rings is 2. The van der Waals surface area contributed by atoms with E-state index in [9.17, 15) is 4.79 Å². The summed E-state index contributed by atoms with van der Waals surface area (Å²) in [5.41, 5.74) is 2.48. The summed E-state index contributed by atoms with van der Waals surface area (Å²) in [6.07, 6.45) is 0. The third kappa shape index (κ3) is 7.58. The van der Waals surface area contributed by atoms with E-state index in [-0.39, 0.29) is 42.3 Å². The molecule has 0 unspecified atom stereocenters. The molecule has 0 aliphatic rings. The summed E-state index contributed by atoms with van der Waals surface area (Å²) in [6.45, 7) is 3.57. The van der Waals surface area contributed by atoms with Crippen LogP contribution < -0.4 is 10.6 Å². The van der Waals surface area contributed by atoms with Crippen molar-refractivity contribution >= 4 is 35.8 Å².